The summed E-state index contributed by atoms with van der Waals surface area (Å²) >= 11 is 0. The number of hydrogen-bond donors (Lipinski definition) is 1. The number of para-hydroxylation sites is 2. The fourth-order valence-corrected chi connectivity index (χ4v) is 7.39. The van der Waals surface area contributed by atoms with Crippen molar-refractivity contribution in [1.82, 2.24) is 14.5 Å². The molecule has 1 aliphatic heterocycles. The van der Waals surface area contributed by atoms with Crippen molar-refractivity contribution in [2.75, 3.05) is 26.9 Å². The van der Waals surface area contributed by atoms with Crippen LogP contribution in [0.1, 0.15) is 82.9 Å². The third-order valence-corrected chi connectivity index (χ3v) is 9.15. The van der Waals surface area contributed by atoms with Gasteiger partial charge in [0.1, 0.15) is 6.61 Å². The summed E-state index contributed by atoms with van der Waals surface area (Å²) in [6, 6.07) is 8.45. The van der Waals surface area contributed by atoms with Crippen molar-refractivity contribution < 1.29 is 19.5 Å². The Hall–Kier alpha value is -2.78. The van der Waals surface area contributed by atoms with Gasteiger partial charge in [0.25, 0.3) is 5.56 Å². The van der Waals surface area contributed by atoms with E-state index in [0.29, 0.717) is 17.6 Å². The Morgan fingerprint density at radius 3 is 2.49 bits per heavy atom. The molecule has 3 fully saturated rings. The molecule has 0 spiro atoms. The third-order valence-electron chi connectivity index (χ3n) is 9.15. The van der Waals surface area contributed by atoms with Gasteiger partial charge in [-0.1, -0.05) is 49.9 Å². The number of ether oxygens (including phenoxy) is 1. The van der Waals surface area contributed by atoms with Crippen molar-refractivity contribution in [3.05, 3.63) is 40.3 Å². The van der Waals surface area contributed by atoms with E-state index in [1.54, 1.807) is 4.57 Å². The Balaban J connectivity index is 1.45. The van der Waals surface area contributed by atoms with E-state index in [4.69, 9.17) is 9.57 Å². The lowest BCUT2D eigenvalue weighted by molar-refractivity contribution is -0.129. The molecule has 3 aliphatic rings. The topological polar surface area (TPSA) is 106 Å². The molecule has 2 heterocycles. The number of aromatic nitrogens is 2. The third kappa shape index (κ3) is 6.04. The standard InChI is InChI=1S/C30H42N4O5/c1-3-22-19-23(12-13-33(22)24-17-20-8-4-5-9-21(16-20)18-24)34-26-11-7-6-10-25(26)31-27(29(34)35)28(30(36)37)32-39-15-14-38-2/h6-7,10-11,20-24H,3-5,8-9,12-19H2,1-2H3,(H,36,37)/b32-28-/t20-,21+,22-,23-,24-/m1/s1. The first-order valence-electron chi connectivity index (χ1n) is 14.7. The molecule has 2 saturated carbocycles. The highest BCUT2D eigenvalue weighted by atomic mass is 16.6. The largest absolute Gasteiger partial charge is 0.476 e. The van der Waals surface area contributed by atoms with Crippen LogP contribution in [0, 0.1) is 11.8 Å². The summed E-state index contributed by atoms with van der Waals surface area (Å²) in [6.07, 6.45) is 12.3. The predicted molar refractivity (Wildman–Crippen MR) is 150 cm³/mol. The van der Waals surface area contributed by atoms with E-state index in [2.05, 4.69) is 22.0 Å². The van der Waals surface area contributed by atoms with Gasteiger partial charge in [-0.15, -0.1) is 0 Å². The predicted octanol–water partition coefficient (Wildman–Crippen LogP) is 4.62. The quantitative estimate of drug-likeness (QED) is 0.282. The van der Waals surface area contributed by atoms with Crippen molar-refractivity contribution in [1.29, 1.82) is 0 Å². The lowest BCUT2D eigenvalue weighted by atomic mass is 9.76. The van der Waals surface area contributed by atoms with Gasteiger partial charge in [-0.3, -0.25) is 9.69 Å². The molecule has 5 atom stereocenters. The number of carbonyl (C=O) groups is 1. The van der Waals surface area contributed by atoms with Crippen LogP contribution in [0.4, 0.5) is 0 Å². The molecule has 1 N–H and O–H groups in total. The molecule has 9 heteroatoms. The fraction of sp³-hybridized carbons (Fsp3) is 0.667. The SMILES string of the molecule is CC[C@@H]1C[C@H](n2c(=O)c(/C(=N/OCCOC)C(=O)O)nc3ccccc32)CCN1[C@@H]1C[C@@H]2CCCC[C@@H](C2)C1. The van der Waals surface area contributed by atoms with Crippen LogP contribution in [0.5, 0.6) is 0 Å². The van der Waals surface area contributed by atoms with Crippen molar-refractivity contribution >= 4 is 22.7 Å². The second-order valence-electron chi connectivity index (χ2n) is 11.6. The maximum atomic E-state index is 13.9. The lowest BCUT2D eigenvalue weighted by Gasteiger charge is -2.48. The maximum absolute atomic E-state index is 13.9. The van der Waals surface area contributed by atoms with Crippen LogP contribution in [-0.4, -0.2) is 70.2 Å². The first kappa shape index (κ1) is 27.8. The zero-order valence-corrected chi connectivity index (χ0v) is 23.3. The minimum Gasteiger partial charge on any atom is -0.476 e. The van der Waals surface area contributed by atoms with Crippen LogP contribution in [0.15, 0.2) is 34.2 Å². The van der Waals surface area contributed by atoms with E-state index >= 15 is 0 Å². The Morgan fingerprint density at radius 2 is 1.79 bits per heavy atom. The minimum atomic E-state index is -1.35. The number of likely N-dealkylation sites (tertiary alicyclic amines) is 1. The lowest BCUT2D eigenvalue weighted by Crippen LogP contribution is -2.51. The summed E-state index contributed by atoms with van der Waals surface area (Å²) in [5.74, 6) is 0.375. The summed E-state index contributed by atoms with van der Waals surface area (Å²) in [5.41, 5.74) is 0.204. The summed E-state index contributed by atoms with van der Waals surface area (Å²) in [7, 11) is 1.52. The van der Waals surface area contributed by atoms with Crippen molar-refractivity contribution in [3.8, 4) is 0 Å². The monoisotopic (exact) mass is 538 g/mol. The molecule has 0 radical (unpaired) electrons. The molecule has 0 amide bonds. The molecule has 39 heavy (non-hydrogen) atoms. The van der Waals surface area contributed by atoms with Crippen LogP contribution in [0.2, 0.25) is 0 Å². The fourth-order valence-electron chi connectivity index (χ4n) is 7.39. The highest BCUT2D eigenvalue weighted by molar-refractivity contribution is 6.41. The Kier molecular flexibility index (Phi) is 8.97. The molecule has 1 saturated heterocycles. The first-order chi connectivity index (χ1) is 19.0. The van der Waals surface area contributed by atoms with Crippen LogP contribution >= 0.6 is 0 Å². The molecule has 1 aromatic carbocycles. The van der Waals surface area contributed by atoms with Gasteiger partial charge < -0.3 is 19.2 Å². The molecular formula is C30H42N4O5. The van der Waals surface area contributed by atoms with Crippen LogP contribution in [0.25, 0.3) is 11.0 Å². The van der Waals surface area contributed by atoms with Gasteiger partial charge in [0.2, 0.25) is 5.71 Å². The van der Waals surface area contributed by atoms with Gasteiger partial charge in [-0.05, 0) is 62.5 Å². The average Bonchev–Trinajstić information content (AvgIpc) is 3.11. The number of carboxylic acid groups (broad SMARTS) is 1. The van der Waals surface area contributed by atoms with E-state index in [1.807, 2.05) is 24.3 Å². The van der Waals surface area contributed by atoms with Gasteiger partial charge in [0.05, 0.1) is 17.6 Å². The molecule has 5 rings (SSSR count). The smallest absolute Gasteiger partial charge is 0.360 e. The molecule has 2 aliphatic carbocycles. The van der Waals surface area contributed by atoms with E-state index in [0.717, 1.165) is 43.2 Å². The molecular weight excluding hydrogens is 496 g/mol. The second kappa shape index (κ2) is 12.6. The van der Waals surface area contributed by atoms with Gasteiger partial charge in [-0.2, -0.15) is 0 Å². The number of methoxy groups -OCH3 is 1. The van der Waals surface area contributed by atoms with Gasteiger partial charge in [0, 0.05) is 31.8 Å². The maximum Gasteiger partial charge on any atom is 0.360 e. The summed E-state index contributed by atoms with van der Waals surface area (Å²) in [5, 5.41) is 13.7. The molecule has 2 aromatic rings. The van der Waals surface area contributed by atoms with Crippen molar-refractivity contribution in [3.63, 3.8) is 0 Å². The van der Waals surface area contributed by atoms with Crippen LogP contribution in [-0.2, 0) is 14.4 Å². The summed E-state index contributed by atoms with van der Waals surface area (Å²) in [4.78, 5) is 38.4. The number of carboxylic acids is 1. The molecule has 0 unspecified atom stereocenters. The van der Waals surface area contributed by atoms with Gasteiger partial charge in [0.15, 0.2) is 5.69 Å². The Bertz CT molecular complexity index is 1230. The first-order valence-corrected chi connectivity index (χ1v) is 14.7. The highest BCUT2D eigenvalue weighted by Crippen LogP contribution is 2.42. The van der Waals surface area contributed by atoms with Crippen molar-refractivity contribution in [2.24, 2.45) is 17.0 Å². The highest BCUT2D eigenvalue weighted by Gasteiger charge is 2.39. The number of aliphatic carboxylic acids is 1. The molecule has 9 nitrogen and oxygen atoms in total. The van der Waals surface area contributed by atoms with E-state index in [1.165, 1.54) is 52.1 Å². The van der Waals surface area contributed by atoms with Crippen molar-refractivity contribution in [2.45, 2.75) is 89.3 Å². The second-order valence-corrected chi connectivity index (χ2v) is 11.6. The normalized spacial score (nSPS) is 28.3. The van der Waals surface area contributed by atoms with Gasteiger partial charge in [-0.25, -0.2) is 9.78 Å². The Labute approximate surface area is 230 Å². The Morgan fingerprint density at radius 1 is 1.05 bits per heavy atom. The number of piperidine rings is 1. The number of rotatable bonds is 9. The number of nitrogens with zero attached hydrogens (tertiary/aromatic N) is 4. The van der Waals surface area contributed by atoms with Crippen LogP contribution < -0.4 is 5.56 Å². The molecule has 2 bridgehead atoms. The van der Waals surface area contributed by atoms with E-state index < -0.39 is 17.2 Å². The number of hydrogen-bond acceptors (Lipinski definition) is 7. The molecule has 212 valence electrons. The summed E-state index contributed by atoms with van der Waals surface area (Å²) in [6.45, 7) is 3.53. The number of fused-ring (bicyclic) bond motifs is 3. The van der Waals surface area contributed by atoms with E-state index in [9.17, 15) is 14.7 Å². The average molecular weight is 539 g/mol. The van der Waals surface area contributed by atoms with E-state index in [-0.39, 0.29) is 24.9 Å². The summed E-state index contributed by atoms with van der Waals surface area (Å²) < 4.78 is 6.73. The minimum absolute atomic E-state index is 0.0410. The molecule has 1 aromatic heterocycles. The van der Waals surface area contributed by atoms with Crippen LogP contribution in [0.3, 0.4) is 0 Å². The van der Waals surface area contributed by atoms with Gasteiger partial charge >= 0.3 is 5.97 Å². The number of oxime groups is 1. The zero-order valence-electron chi connectivity index (χ0n) is 23.3. The number of benzene rings is 1. The zero-order chi connectivity index (χ0) is 27.4.